The summed E-state index contributed by atoms with van der Waals surface area (Å²) in [6.07, 6.45) is 0. The van der Waals surface area contributed by atoms with Gasteiger partial charge in [-0.05, 0) is 50.8 Å². The van der Waals surface area contributed by atoms with Gasteiger partial charge in [0.15, 0.2) is 5.82 Å². The van der Waals surface area contributed by atoms with Crippen LogP contribution in [-0.4, -0.2) is 52.5 Å². The van der Waals surface area contributed by atoms with Crippen LogP contribution >= 0.6 is 0 Å². The number of carbonyl (C=O) groups excluding carboxylic acids is 1. The summed E-state index contributed by atoms with van der Waals surface area (Å²) in [5.41, 5.74) is 10.7. The molecule has 196 valence electrons. The highest BCUT2D eigenvalue weighted by Gasteiger charge is 2.32. The summed E-state index contributed by atoms with van der Waals surface area (Å²) in [7, 11) is 0. The SMILES string of the molecule is Cc1ccc(C(C)C)cc1OCc1c(C)nc(-c2ccccc2)nc1N1C[C@H](C)N(CC(N)=O)CC1C. The molecule has 1 saturated heterocycles. The fourth-order valence-corrected chi connectivity index (χ4v) is 4.90. The first-order valence-electron chi connectivity index (χ1n) is 13.1. The molecule has 0 spiro atoms. The van der Waals surface area contributed by atoms with Crippen molar-refractivity contribution in [2.75, 3.05) is 24.5 Å². The Bertz CT molecular complexity index is 1240. The first kappa shape index (κ1) is 26.6. The average molecular weight is 502 g/mol. The number of aromatic nitrogens is 2. The molecular weight excluding hydrogens is 462 g/mol. The second kappa shape index (κ2) is 11.3. The van der Waals surface area contributed by atoms with Crippen molar-refractivity contribution in [2.24, 2.45) is 5.73 Å². The number of aryl methyl sites for hydroxylation is 2. The fraction of sp³-hybridized carbons (Fsp3) is 0.433. The number of amides is 1. The Kier molecular flexibility index (Phi) is 8.13. The van der Waals surface area contributed by atoms with Gasteiger partial charge in [-0.2, -0.15) is 0 Å². The van der Waals surface area contributed by atoms with Gasteiger partial charge in [0.2, 0.25) is 5.91 Å². The second-order valence-corrected chi connectivity index (χ2v) is 10.5. The van der Waals surface area contributed by atoms with E-state index in [0.717, 1.165) is 47.0 Å². The van der Waals surface area contributed by atoms with Crippen molar-refractivity contribution in [3.05, 3.63) is 70.9 Å². The molecule has 7 nitrogen and oxygen atoms in total. The number of ether oxygens (including phenoxy) is 1. The number of hydrogen-bond acceptors (Lipinski definition) is 6. The lowest BCUT2D eigenvalue weighted by molar-refractivity contribution is -0.119. The minimum absolute atomic E-state index is 0.137. The molecule has 2 atom stereocenters. The standard InChI is InChI=1S/C30H39N5O2/c1-19(2)25-13-12-20(3)27(14-25)37-18-26-23(6)32-29(24-10-8-7-9-11-24)33-30(26)35-16-21(4)34(15-22(35)5)17-28(31)36/h7-14,19,21-22H,15-18H2,1-6H3,(H2,31,36)/t21-,22?/m0/s1. The molecule has 1 aromatic heterocycles. The Morgan fingerprint density at radius 1 is 1.05 bits per heavy atom. The van der Waals surface area contributed by atoms with Crippen LogP contribution in [0.1, 0.15) is 56.0 Å². The number of anilines is 1. The lowest BCUT2D eigenvalue weighted by Gasteiger charge is -2.45. The maximum atomic E-state index is 11.6. The largest absolute Gasteiger partial charge is 0.488 e. The van der Waals surface area contributed by atoms with E-state index in [9.17, 15) is 4.79 Å². The molecule has 1 aliphatic rings. The van der Waals surface area contributed by atoms with Crippen molar-refractivity contribution in [3.8, 4) is 17.1 Å². The minimum Gasteiger partial charge on any atom is -0.488 e. The Morgan fingerprint density at radius 2 is 1.78 bits per heavy atom. The van der Waals surface area contributed by atoms with Gasteiger partial charge >= 0.3 is 0 Å². The van der Waals surface area contributed by atoms with E-state index in [0.29, 0.717) is 18.3 Å². The van der Waals surface area contributed by atoms with Gasteiger partial charge < -0.3 is 15.4 Å². The third-order valence-corrected chi connectivity index (χ3v) is 7.22. The van der Waals surface area contributed by atoms with Gasteiger partial charge in [0.1, 0.15) is 18.2 Å². The van der Waals surface area contributed by atoms with E-state index < -0.39 is 0 Å². The quantitative estimate of drug-likeness (QED) is 0.475. The van der Waals surface area contributed by atoms with E-state index in [-0.39, 0.29) is 24.5 Å². The monoisotopic (exact) mass is 501 g/mol. The molecule has 4 rings (SSSR count). The van der Waals surface area contributed by atoms with E-state index in [1.165, 1.54) is 5.56 Å². The molecule has 2 aromatic carbocycles. The van der Waals surface area contributed by atoms with Crippen LogP contribution in [0.3, 0.4) is 0 Å². The highest BCUT2D eigenvalue weighted by molar-refractivity contribution is 5.76. The Hall–Kier alpha value is -3.45. The highest BCUT2D eigenvalue weighted by atomic mass is 16.5. The van der Waals surface area contributed by atoms with Gasteiger partial charge in [0, 0.05) is 30.7 Å². The van der Waals surface area contributed by atoms with Crippen molar-refractivity contribution in [1.29, 1.82) is 0 Å². The van der Waals surface area contributed by atoms with Crippen molar-refractivity contribution >= 4 is 11.7 Å². The predicted molar refractivity (Wildman–Crippen MR) is 149 cm³/mol. The summed E-state index contributed by atoms with van der Waals surface area (Å²) in [5, 5.41) is 0. The number of piperazine rings is 1. The second-order valence-electron chi connectivity index (χ2n) is 10.5. The Morgan fingerprint density at radius 3 is 2.46 bits per heavy atom. The first-order chi connectivity index (χ1) is 17.6. The molecule has 3 aromatic rings. The number of nitrogens with zero attached hydrogens (tertiary/aromatic N) is 4. The molecule has 0 bridgehead atoms. The van der Waals surface area contributed by atoms with Crippen LogP contribution < -0.4 is 15.4 Å². The topological polar surface area (TPSA) is 84.6 Å². The maximum Gasteiger partial charge on any atom is 0.231 e. The van der Waals surface area contributed by atoms with Crippen LogP contribution in [0.4, 0.5) is 5.82 Å². The smallest absolute Gasteiger partial charge is 0.231 e. The number of benzene rings is 2. The third-order valence-electron chi connectivity index (χ3n) is 7.22. The molecule has 2 heterocycles. The Balaban J connectivity index is 1.71. The molecule has 2 N–H and O–H groups in total. The number of carbonyl (C=O) groups is 1. The van der Waals surface area contributed by atoms with E-state index >= 15 is 0 Å². The van der Waals surface area contributed by atoms with Gasteiger partial charge in [-0.3, -0.25) is 9.69 Å². The van der Waals surface area contributed by atoms with E-state index in [1.54, 1.807) is 0 Å². The first-order valence-corrected chi connectivity index (χ1v) is 13.1. The van der Waals surface area contributed by atoms with Crippen LogP contribution in [0, 0.1) is 13.8 Å². The predicted octanol–water partition coefficient (Wildman–Crippen LogP) is 4.85. The minimum atomic E-state index is -0.301. The zero-order valence-corrected chi connectivity index (χ0v) is 22.9. The van der Waals surface area contributed by atoms with E-state index in [4.69, 9.17) is 20.4 Å². The number of hydrogen-bond donors (Lipinski definition) is 1. The molecule has 1 unspecified atom stereocenters. The fourth-order valence-electron chi connectivity index (χ4n) is 4.90. The number of nitrogens with two attached hydrogens (primary N) is 1. The zero-order chi connectivity index (χ0) is 26.7. The molecule has 0 radical (unpaired) electrons. The van der Waals surface area contributed by atoms with E-state index in [1.807, 2.05) is 37.3 Å². The zero-order valence-electron chi connectivity index (χ0n) is 22.9. The molecule has 37 heavy (non-hydrogen) atoms. The Labute approximate surface area is 220 Å². The van der Waals surface area contributed by atoms with Gasteiger partial charge in [-0.15, -0.1) is 0 Å². The van der Waals surface area contributed by atoms with Crippen LogP contribution in [0.2, 0.25) is 0 Å². The van der Waals surface area contributed by atoms with Gasteiger partial charge in [0.25, 0.3) is 0 Å². The third kappa shape index (κ3) is 6.10. The average Bonchev–Trinajstić information content (AvgIpc) is 2.86. The van der Waals surface area contributed by atoms with Crippen LogP contribution in [0.25, 0.3) is 11.4 Å². The normalized spacial score (nSPS) is 18.3. The summed E-state index contributed by atoms with van der Waals surface area (Å²) in [4.78, 5) is 26.1. The van der Waals surface area contributed by atoms with Crippen LogP contribution in [0.15, 0.2) is 48.5 Å². The maximum absolute atomic E-state index is 11.6. The lowest BCUT2D eigenvalue weighted by Crippen LogP contribution is -2.58. The summed E-state index contributed by atoms with van der Waals surface area (Å²) in [5.74, 6) is 2.60. The summed E-state index contributed by atoms with van der Waals surface area (Å²) >= 11 is 0. The molecule has 0 aliphatic carbocycles. The number of rotatable bonds is 8. The van der Waals surface area contributed by atoms with Crippen molar-refractivity contribution < 1.29 is 9.53 Å². The molecule has 1 aliphatic heterocycles. The molecular formula is C30H39N5O2. The summed E-state index contributed by atoms with van der Waals surface area (Å²) in [6, 6.07) is 16.8. The van der Waals surface area contributed by atoms with Crippen molar-refractivity contribution in [1.82, 2.24) is 14.9 Å². The number of primary amides is 1. The molecule has 0 saturated carbocycles. The lowest BCUT2D eigenvalue weighted by atomic mass is 10.0. The van der Waals surface area contributed by atoms with Gasteiger partial charge in [-0.25, -0.2) is 9.97 Å². The van der Waals surface area contributed by atoms with E-state index in [2.05, 4.69) is 62.6 Å². The van der Waals surface area contributed by atoms with Crippen LogP contribution in [-0.2, 0) is 11.4 Å². The summed E-state index contributed by atoms with van der Waals surface area (Å²) in [6.45, 7) is 14.9. The van der Waals surface area contributed by atoms with Crippen molar-refractivity contribution in [3.63, 3.8) is 0 Å². The van der Waals surface area contributed by atoms with Gasteiger partial charge in [0.05, 0.1) is 17.8 Å². The van der Waals surface area contributed by atoms with Crippen LogP contribution in [0.5, 0.6) is 5.75 Å². The molecule has 1 fully saturated rings. The van der Waals surface area contributed by atoms with Crippen molar-refractivity contribution in [2.45, 2.75) is 66.2 Å². The van der Waals surface area contributed by atoms with Gasteiger partial charge in [-0.1, -0.05) is 56.3 Å². The molecule has 1 amide bonds. The highest BCUT2D eigenvalue weighted by Crippen LogP contribution is 2.31. The molecule has 7 heteroatoms. The summed E-state index contributed by atoms with van der Waals surface area (Å²) < 4.78 is 6.43.